The Labute approximate surface area is 136 Å². The molecular weight excluding hydrogens is 317 g/mol. The van der Waals surface area contributed by atoms with Crippen LogP contribution >= 0.6 is 34.8 Å². The summed E-state index contributed by atoms with van der Waals surface area (Å²) in [5, 5.41) is 4.81. The summed E-state index contributed by atoms with van der Waals surface area (Å²) < 4.78 is 5.61. The van der Waals surface area contributed by atoms with Crippen LogP contribution in [0, 0.1) is 5.92 Å². The van der Waals surface area contributed by atoms with E-state index in [1.807, 2.05) is 0 Å². The van der Waals surface area contributed by atoms with Gasteiger partial charge in [0.2, 0.25) is 0 Å². The van der Waals surface area contributed by atoms with Crippen LogP contribution < -0.4 is 10.1 Å². The van der Waals surface area contributed by atoms with E-state index in [0.29, 0.717) is 33.5 Å². The molecule has 0 bridgehead atoms. The van der Waals surface area contributed by atoms with Crippen LogP contribution in [0.3, 0.4) is 0 Å². The highest BCUT2D eigenvalue weighted by atomic mass is 35.5. The van der Waals surface area contributed by atoms with Crippen LogP contribution in [0.5, 0.6) is 5.75 Å². The maximum absolute atomic E-state index is 6.05. The van der Waals surface area contributed by atoms with Crippen molar-refractivity contribution in [2.24, 2.45) is 5.92 Å². The molecule has 1 aromatic carbocycles. The second-order valence-electron chi connectivity index (χ2n) is 5.37. The van der Waals surface area contributed by atoms with Crippen molar-refractivity contribution >= 4 is 34.8 Å². The van der Waals surface area contributed by atoms with Crippen molar-refractivity contribution in [2.45, 2.75) is 39.7 Å². The fourth-order valence-electron chi connectivity index (χ4n) is 1.81. The number of rotatable bonds is 8. The Hall–Kier alpha value is -0.150. The third-order valence-corrected chi connectivity index (χ3v) is 3.76. The van der Waals surface area contributed by atoms with Gasteiger partial charge in [0, 0.05) is 17.6 Å². The summed E-state index contributed by atoms with van der Waals surface area (Å²) in [5.41, 5.74) is 0. The lowest BCUT2D eigenvalue weighted by molar-refractivity contribution is 0.303. The van der Waals surface area contributed by atoms with Crippen molar-refractivity contribution in [3.05, 3.63) is 27.2 Å². The van der Waals surface area contributed by atoms with Crippen molar-refractivity contribution in [3.63, 3.8) is 0 Å². The van der Waals surface area contributed by atoms with Crippen molar-refractivity contribution in [2.75, 3.05) is 13.2 Å². The number of nitrogens with one attached hydrogen (secondary N) is 1. The summed E-state index contributed by atoms with van der Waals surface area (Å²) in [6.07, 6.45) is 2.39. The van der Waals surface area contributed by atoms with Gasteiger partial charge < -0.3 is 10.1 Å². The molecule has 0 amide bonds. The Morgan fingerprint density at radius 3 is 2.20 bits per heavy atom. The van der Waals surface area contributed by atoms with Crippen LogP contribution in [-0.2, 0) is 0 Å². The molecule has 1 N–H and O–H groups in total. The molecule has 1 rings (SSSR count). The molecule has 0 radical (unpaired) electrons. The van der Waals surface area contributed by atoms with E-state index in [4.69, 9.17) is 39.5 Å². The maximum atomic E-state index is 6.05. The molecule has 0 aromatic heterocycles. The summed E-state index contributed by atoms with van der Waals surface area (Å²) in [5.74, 6) is 1.23. The summed E-state index contributed by atoms with van der Waals surface area (Å²) in [6.45, 7) is 7.94. The lowest BCUT2D eigenvalue weighted by Crippen LogP contribution is -2.30. The van der Waals surface area contributed by atoms with Gasteiger partial charge in [-0.2, -0.15) is 0 Å². The number of ether oxygens (including phenoxy) is 1. The smallest absolute Gasteiger partial charge is 0.156 e. The first-order valence-electron chi connectivity index (χ1n) is 6.91. The molecule has 2 nitrogen and oxygen atoms in total. The molecule has 0 saturated carbocycles. The maximum Gasteiger partial charge on any atom is 0.156 e. The van der Waals surface area contributed by atoms with Gasteiger partial charge in [0.25, 0.3) is 0 Å². The van der Waals surface area contributed by atoms with Gasteiger partial charge in [0.05, 0.1) is 10.0 Å². The highest BCUT2D eigenvalue weighted by Crippen LogP contribution is 2.35. The van der Waals surface area contributed by atoms with Crippen LogP contribution in [-0.4, -0.2) is 19.2 Å². The molecule has 0 saturated heterocycles. The zero-order valence-corrected chi connectivity index (χ0v) is 14.4. The fourth-order valence-corrected chi connectivity index (χ4v) is 2.74. The van der Waals surface area contributed by atoms with Crippen LogP contribution in [0.2, 0.25) is 15.1 Å². The zero-order chi connectivity index (χ0) is 15.1. The van der Waals surface area contributed by atoms with Gasteiger partial charge in [0.1, 0.15) is 6.61 Å². The first-order valence-corrected chi connectivity index (χ1v) is 8.04. The molecule has 0 aliphatic carbocycles. The first kappa shape index (κ1) is 17.9. The molecule has 1 atom stereocenters. The van der Waals surface area contributed by atoms with Crippen molar-refractivity contribution in [1.82, 2.24) is 5.32 Å². The van der Waals surface area contributed by atoms with Crippen molar-refractivity contribution < 1.29 is 4.74 Å². The summed E-state index contributed by atoms with van der Waals surface area (Å²) >= 11 is 17.9. The Morgan fingerprint density at radius 2 is 1.65 bits per heavy atom. The molecule has 0 aliphatic rings. The average molecular weight is 339 g/mol. The normalized spacial score (nSPS) is 12.8. The Balaban J connectivity index is 2.31. The number of benzene rings is 1. The quantitative estimate of drug-likeness (QED) is 0.637. The lowest BCUT2D eigenvalue weighted by atomic mass is 10.0. The number of hydrogen-bond donors (Lipinski definition) is 1. The predicted octanol–water partition coefficient (Wildman–Crippen LogP) is 5.44. The molecule has 0 aliphatic heterocycles. The number of halogens is 3. The standard InChI is InChI=1S/C15H22Cl3NO/c1-10(2)4-5-11(3)19-6-7-20-15-13(17)8-12(16)9-14(15)18/h8-11,19H,4-7H2,1-3H3. The molecule has 1 unspecified atom stereocenters. The van der Waals surface area contributed by atoms with Gasteiger partial charge in [-0.25, -0.2) is 0 Å². The Kier molecular flexibility index (Phi) is 8.04. The number of hydrogen-bond acceptors (Lipinski definition) is 2. The molecule has 1 aromatic rings. The fraction of sp³-hybridized carbons (Fsp3) is 0.600. The minimum Gasteiger partial charge on any atom is -0.489 e. The van der Waals surface area contributed by atoms with E-state index in [1.54, 1.807) is 12.1 Å². The minimum absolute atomic E-state index is 0.440. The van der Waals surface area contributed by atoms with Crippen LogP contribution in [0.25, 0.3) is 0 Å². The van der Waals surface area contributed by atoms with Crippen LogP contribution in [0.4, 0.5) is 0 Å². The van der Waals surface area contributed by atoms with E-state index in [1.165, 1.54) is 12.8 Å². The third kappa shape index (κ3) is 6.53. The molecular formula is C15H22Cl3NO. The molecule has 20 heavy (non-hydrogen) atoms. The van der Waals surface area contributed by atoms with Crippen molar-refractivity contribution in [1.29, 1.82) is 0 Å². The predicted molar refractivity (Wildman–Crippen MR) is 88.5 cm³/mol. The van der Waals surface area contributed by atoms with E-state index in [0.717, 1.165) is 12.5 Å². The van der Waals surface area contributed by atoms with Gasteiger partial charge in [-0.3, -0.25) is 0 Å². The highest BCUT2D eigenvalue weighted by molar-refractivity contribution is 6.40. The molecule has 0 heterocycles. The SMILES string of the molecule is CC(C)CCC(C)NCCOc1c(Cl)cc(Cl)cc1Cl. The van der Waals surface area contributed by atoms with E-state index in [2.05, 4.69) is 26.1 Å². The molecule has 0 fully saturated rings. The zero-order valence-electron chi connectivity index (χ0n) is 12.2. The second kappa shape index (κ2) is 8.99. The Morgan fingerprint density at radius 1 is 1.05 bits per heavy atom. The Bertz CT molecular complexity index is 401. The minimum atomic E-state index is 0.440. The average Bonchev–Trinajstić information content (AvgIpc) is 2.34. The topological polar surface area (TPSA) is 21.3 Å². The van der Waals surface area contributed by atoms with E-state index in [-0.39, 0.29) is 0 Å². The van der Waals surface area contributed by atoms with E-state index < -0.39 is 0 Å². The third-order valence-electron chi connectivity index (χ3n) is 2.98. The van der Waals surface area contributed by atoms with Gasteiger partial charge in [0.15, 0.2) is 5.75 Å². The van der Waals surface area contributed by atoms with Crippen LogP contribution in [0.15, 0.2) is 12.1 Å². The van der Waals surface area contributed by atoms with Gasteiger partial charge >= 0.3 is 0 Å². The van der Waals surface area contributed by atoms with Crippen molar-refractivity contribution in [3.8, 4) is 5.75 Å². The van der Waals surface area contributed by atoms with E-state index >= 15 is 0 Å². The van der Waals surface area contributed by atoms with Gasteiger partial charge in [-0.15, -0.1) is 0 Å². The van der Waals surface area contributed by atoms with E-state index in [9.17, 15) is 0 Å². The van der Waals surface area contributed by atoms with Gasteiger partial charge in [-0.05, 0) is 37.8 Å². The van der Waals surface area contributed by atoms with Crippen LogP contribution in [0.1, 0.15) is 33.6 Å². The highest BCUT2D eigenvalue weighted by Gasteiger charge is 2.09. The molecule has 5 heteroatoms. The monoisotopic (exact) mass is 337 g/mol. The largest absolute Gasteiger partial charge is 0.489 e. The molecule has 0 spiro atoms. The summed E-state index contributed by atoms with van der Waals surface area (Å²) in [7, 11) is 0. The second-order valence-corrected chi connectivity index (χ2v) is 6.62. The summed E-state index contributed by atoms with van der Waals surface area (Å²) in [6, 6.07) is 3.74. The summed E-state index contributed by atoms with van der Waals surface area (Å²) in [4.78, 5) is 0. The lowest BCUT2D eigenvalue weighted by Gasteiger charge is -2.16. The van der Waals surface area contributed by atoms with Gasteiger partial charge in [-0.1, -0.05) is 48.7 Å². The molecule has 114 valence electrons. The first-order chi connectivity index (χ1) is 9.40.